The maximum Gasteiger partial charge on any atom is 0.285 e. The highest BCUT2D eigenvalue weighted by molar-refractivity contribution is 7.10. The Bertz CT molecular complexity index is 468. The average Bonchev–Trinajstić information content (AvgIpc) is 2.91. The highest BCUT2D eigenvalue weighted by Crippen LogP contribution is 2.28. The van der Waals surface area contributed by atoms with Gasteiger partial charge in [-0.3, -0.25) is 0 Å². The van der Waals surface area contributed by atoms with Crippen molar-refractivity contribution in [3.63, 3.8) is 0 Å². The van der Waals surface area contributed by atoms with Crippen LogP contribution < -0.4 is 5.32 Å². The Morgan fingerprint density at radius 3 is 2.50 bits per heavy atom. The summed E-state index contributed by atoms with van der Waals surface area (Å²) < 4.78 is 27.8. The fourth-order valence-corrected chi connectivity index (χ4v) is 2.46. The SMILES string of the molecule is CC(NCC(F)(F)c1ccccc1)c1cccs1. The van der Waals surface area contributed by atoms with Crippen molar-refractivity contribution in [2.45, 2.75) is 18.9 Å². The molecule has 96 valence electrons. The van der Waals surface area contributed by atoms with Crippen LogP contribution in [0.2, 0.25) is 0 Å². The summed E-state index contributed by atoms with van der Waals surface area (Å²) in [6, 6.07) is 11.7. The molecule has 0 radical (unpaired) electrons. The summed E-state index contributed by atoms with van der Waals surface area (Å²) in [5, 5.41) is 4.83. The Hall–Kier alpha value is -1.26. The second-order valence-electron chi connectivity index (χ2n) is 4.19. The molecule has 2 aromatic rings. The molecule has 0 amide bonds. The van der Waals surface area contributed by atoms with Gasteiger partial charge in [-0.25, -0.2) is 0 Å². The van der Waals surface area contributed by atoms with E-state index in [9.17, 15) is 8.78 Å². The number of alkyl halides is 2. The monoisotopic (exact) mass is 267 g/mol. The van der Waals surface area contributed by atoms with Gasteiger partial charge in [-0.1, -0.05) is 36.4 Å². The molecular weight excluding hydrogens is 252 g/mol. The molecule has 1 N–H and O–H groups in total. The third-order valence-electron chi connectivity index (χ3n) is 2.80. The highest BCUT2D eigenvalue weighted by atomic mass is 32.1. The highest BCUT2D eigenvalue weighted by Gasteiger charge is 2.31. The van der Waals surface area contributed by atoms with Crippen LogP contribution in [0, 0.1) is 0 Å². The van der Waals surface area contributed by atoms with Gasteiger partial charge >= 0.3 is 0 Å². The van der Waals surface area contributed by atoms with Crippen molar-refractivity contribution in [2.24, 2.45) is 0 Å². The summed E-state index contributed by atoms with van der Waals surface area (Å²) >= 11 is 1.57. The fraction of sp³-hybridized carbons (Fsp3) is 0.286. The predicted octanol–water partition coefficient (Wildman–Crippen LogP) is 4.19. The molecule has 2 rings (SSSR count). The maximum absolute atomic E-state index is 13.9. The molecule has 1 aromatic heterocycles. The van der Waals surface area contributed by atoms with E-state index in [-0.39, 0.29) is 18.2 Å². The molecule has 1 atom stereocenters. The summed E-state index contributed by atoms with van der Waals surface area (Å²) in [5.41, 5.74) is 0.0517. The van der Waals surface area contributed by atoms with Crippen molar-refractivity contribution in [2.75, 3.05) is 6.54 Å². The Balaban J connectivity index is 1.97. The molecule has 0 aliphatic carbocycles. The Morgan fingerprint density at radius 2 is 1.89 bits per heavy atom. The lowest BCUT2D eigenvalue weighted by Gasteiger charge is -2.20. The van der Waals surface area contributed by atoms with Gasteiger partial charge in [0.25, 0.3) is 5.92 Å². The molecule has 1 aromatic carbocycles. The van der Waals surface area contributed by atoms with Gasteiger partial charge in [-0.15, -0.1) is 11.3 Å². The summed E-state index contributed by atoms with van der Waals surface area (Å²) in [5.74, 6) is -2.84. The molecule has 0 bridgehead atoms. The number of hydrogen-bond donors (Lipinski definition) is 1. The van der Waals surface area contributed by atoms with Gasteiger partial charge in [0.05, 0.1) is 6.54 Å². The molecule has 0 fully saturated rings. The van der Waals surface area contributed by atoms with Crippen molar-refractivity contribution >= 4 is 11.3 Å². The lowest BCUT2D eigenvalue weighted by Crippen LogP contribution is -2.32. The first kappa shape index (κ1) is 13.2. The standard InChI is InChI=1S/C14H15F2NS/c1-11(13-8-5-9-18-13)17-10-14(15,16)12-6-3-2-4-7-12/h2-9,11,17H,10H2,1H3. The molecule has 0 aliphatic heterocycles. The molecule has 1 heterocycles. The van der Waals surface area contributed by atoms with E-state index in [1.165, 1.54) is 12.1 Å². The number of halogens is 2. The number of benzene rings is 1. The molecule has 0 aliphatic rings. The number of rotatable bonds is 5. The number of nitrogens with one attached hydrogen (secondary N) is 1. The van der Waals surface area contributed by atoms with Gasteiger partial charge in [0, 0.05) is 16.5 Å². The zero-order valence-electron chi connectivity index (χ0n) is 10.1. The first-order valence-corrected chi connectivity index (χ1v) is 6.68. The van der Waals surface area contributed by atoms with E-state index in [0.717, 1.165) is 4.88 Å². The van der Waals surface area contributed by atoms with Gasteiger partial charge in [0.15, 0.2) is 0 Å². The number of thiophene rings is 1. The molecular formula is C14H15F2NS. The van der Waals surface area contributed by atoms with E-state index in [4.69, 9.17) is 0 Å². The van der Waals surface area contributed by atoms with Gasteiger partial charge in [-0.05, 0) is 18.4 Å². The third kappa shape index (κ3) is 3.15. The van der Waals surface area contributed by atoms with Crippen LogP contribution in [0.1, 0.15) is 23.4 Å². The van der Waals surface area contributed by atoms with Crippen LogP contribution in [-0.2, 0) is 5.92 Å². The summed E-state index contributed by atoms with van der Waals surface area (Å²) in [7, 11) is 0. The quantitative estimate of drug-likeness (QED) is 0.856. The van der Waals surface area contributed by atoms with Gasteiger partial charge in [0.2, 0.25) is 0 Å². The lowest BCUT2D eigenvalue weighted by molar-refractivity contribution is -0.00525. The van der Waals surface area contributed by atoms with Crippen LogP contribution >= 0.6 is 11.3 Å². The number of hydrogen-bond acceptors (Lipinski definition) is 2. The van der Waals surface area contributed by atoms with E-state index in [0.29, 0.717) is 0 Å². The first-order valence-electron chi connectivity index (χ1n) is 5.80. The molecule has 1 unspecified atom stereocenters. The van der Waals surface area contributed by atoms with Gasteiger partial charge in [0.1, 0.15) is 0 Å². The fourth-order valence-electron chi connectivity index (χ4n) is 1.70. The lowest BCUT2D eigenvalue weighted by atomic mass is 10.1. The Labute approximate surface area is 109 Å². The van der Waals surface area contributed by atoms with Crippen molar-refractivity contribution in [1.29, 1.82) is 0 Å². The largest absolute Gasteiger partial charge is 0.303 e. The summed E-state index contributed by atoms with van der Waals surface area (Å²) in [4.78, 5) is 1.07. The molecule has 18 heavy (non-hydrogen) atoms. The zero-order chi connectivity index (χ0) is 13.0. The normalized spacial score (nSPS) is 13.5. The second kappa shape index (κ2) is 5.59. The van der Waals surface area contributed by atoms with E-state index >= 15 is 0 Å². The minimum absolute atomic E-state index is 0.0517. The van der Waals surface area contributed by atoms with Crippen LogP contribution in [0.5, 0.6) is 0 Å². The Kier molecular flexibility index (Phi) is 4.09. The van der Waals surface area contributed by atoms with Crippen LogP contribution in [0.15, 0.2) is 47.8 Å². The van der Waals surface area contributed by atoms with Crippen LogP contribution in [-0.4, -0.2) is 6.54 Å². The van der Waals surface area contributed by atoms with E-state index in [2.05, 4.69) is 5.32 Å². The van der Waals surface area contributed by atoms with E-state index < -0.39 is 5.92 Å². The third-order valence-corrected chi connectivity index (χ3v) is 3.85. The predicted molar refractivity (Wildman–Crippen MR) is 71.1 cm³/mol. The van der Waals surface area contributed by atoms with Crippen LogP contribution in [0.25, 0.3) is 0 Å². The second-order valence-corrected chi connectivity index (χ2v) is 5.17. The molecule has 4 heteroatoms. The van der Waals surface area contributed by atoms with Gasteiger partial charge < -0.3 is 5.32 Å². The minimum Gasteiger partial charge on any atom is -0.303 e. The maximum atomic E-state index is 13.9. The molecule has 0 saturated carbocycles. The average molecular weight is 267 g/mol. The topological polar surface area (TPSA) is 12.0 Å². The van der Waals surface area contributed by atoms with E-state index in [1.54, 1.807) is 29.5 Å². The van der Waals surface area contributed by atoms with Crippen LogP contribution in [0.4, 0.5) is 8.78 Å². The van der Waals surface area contributed by atoms with Gasteiger partial charge in [-0.2, -0.15) is 8.78 Å². The van der Waals surface area contributed by atoms with Crippen molar-refractivity contribution in [3.8, 4) is 0 Å². The van der Waals surface area contributed by atoms with E-state index in [1.807, 2.05) is 24.4 Å². The van der Waals surface area contributed by atoms with Crippen molar-refractivity contribution in [3.05, 3.63) is 58.3 Å². The Morgan fingerprint density at radius 1 is 1.17 bits per heavy atom. The molecule has 0 spiro atoms. The summed E-state index contributed by atoms with van der Waals surface area (Å²) in [6.45, 7) is 1.54. The van der Waals surface area contributed by atoms with Crippen molar-refractivity contribution < 1.29 is 8.78 Å². The summed E-state index contributed by atoms with van der Waals surface area (Å²) in [6.07, 6.45) is 0. The zero-order valence-corrected chi connectivity index (χ0v) is 10.9. The first-order chi connectivity index (χ1) is 8.59. The molecule has 1 nitrogen and oxygen atoms in total. The van der Waals surface area contributed by atoms with Crippen molar-refractivity contribution in [1.82, 2.24) is 5.32 Å². The van der Waals surface area contributed by atoms with Crippen LogP contribution in [0.3, 0.4) is 0 Å². The molecule has 0 saturated heterocycles. The smallest absolute Gasteiger partial charge is 0.285 e. The minimum atomic E-state index is -2.84.